The predicted molar refractivity (Wildman–Crippen MR) is 167 cm³/mol. The average Bonchev–Trinajstić information content (AvgIpc) is 2.98. The first-order valence-electron chi connectivity index (χ1n) is 14.2. The molecule has 5 rings (SSSR count). The smallest absolute Gasteiger partial charge is 0.238 e. The SMILES string of the molecule is CC[C@@H](C)CC(=O)NNc1nc(CN2CCN(C(c3ccc(Cl)cc3)c3ccc(Cl)cc3)CC2)nc2ccccc12. The van der Waals surface area contributed by atoms with Crippen LogP contribution in [-0.2, 0) is 11.3 Å². The maximum absolute atomic E-state index is 12.4. The molecule has 1 amide bonds. The van der Waals surface area contributed by atoms with E-state index in [0.29, 0.717) is 24.7 Å². The summed E-state index contributed by atoms with van der Waals surface area (Å²) >= 11 is 12.4. The molecular weight excluding hydrogens is 555 g/mol. The molecule has 3 aromatic carbocycles. The van der Waals surface area contributed by atoms with E-state index in [2.05, 4.69) is 58.8 Å². The number of hydrogen-bond acceptors (Lipinski definition) is 6. The fourth-order valence-corrected chi connectivity index (χ4v) is 5.47. The molecule has 1 fully saturated rings. The number of nitrogens with zero attached hydrogens (tertiary/aromatic N) is 4. The zero-order valence-electron chi connectivity index (χ0n) is 23.5. The summed E-state index contributed by atoms with van der Waals surface area (Å²) in [6.45, 7) is 8.32. The molecule has 2 N–H and O–H groups in total. The lowest BCUT2D eigenvalue weighted by molar-refractivity contribution is -0.121. The van der Waals surface area contributed by atoms with Crippen molar-refractivity contribution in [2.45, 2.75) is 39.3 Å². The number of hydrazine groups is 1. The van der Waals surface area contributed by atoms with E-state index in [1.165, 1.54) is 11.1 Å². The molecule has 41 heavy (non-hydrogen) atoms. The van der Waals surface area contributed by atoms with Gasteiger partial charge >= 0.3 is 0 Å². The molecule has 1 aromatic heterocycles. The number of rotatable bonds is 10. The first-order valence-corrected chi connectivity index (χ1v) is 14.9. The van der Waals surface area contributed by atoms with E-state index in [0.717, 1.165) is 59.4 Å². The quantitative estimate of drug-likeness (QED) is 0.200. The Labute approximate surface area is 251 Å². The van der Waals surface area contributed by atoms with E-state index in [1.54, 1.807) is 0 Å². The highest BCUT2D eigenvalue weighted by Crippen LogP contribution is 2.31. The van der Waals surface area contributed by atoms with Crippen molar-refractivity contribution in [3.05, 3.63) is 99.8 Å². The second-order valence-electron chi connectivity index (χ2n) is 10.7. The van der Waals surface area contributed by atoms with Crippen LogP contribution >= 0.6 is 23.2 Å². The molecule has 2 heterocycles. The van der Waals surface area contributed by atoms with Gasteiger partial charge in [0, 0.05) is 48.0 Å². The van der Waals surface area contributed by atoms with Crippen molar-refractivity contribution in [2.75, 3.05) is 31.6 Å². The summed E-state index contributed by atoms with van der Waals surface area (Å²) in [4.78, 5) is 26.9. The Bertz CT molecular complexity index is 1410. The number of hydrogen-bond donors (Lipinski definition) is 2. The Morgan fingerprint density at radius 2 is 1.49 bits per heavy atom. The Morgan fingerprint density at radius 3 is 2.10 bits per heavy atom. The fraction of sp³-hybridized carbons (Fsp3) is 0.344. The lowest BCUT2D eigenvalue weighted by Gasteiger charge is -2.39. The molecular formula is C32H36Cl2N6O. The minimum Gasteiger partial charge on any atom is -0.293 e. The van der Waals surface area contributed by atoms with Crippen LogP contribution in [-0.4, -0.2) is 51.9 Å². The molecule has 1 atom stereocenters. The third-order valence-electron chi connectivity index (χ3n) is 7.71. The number of nitrogens with one attached hydrogen (secondary N) is 2. The number of benzene rings is 3. The van der Waals surface area contributed by atoms with Gasteiger partial charge in [0.05, 0.1) is 18.1 Å². The van der Waals surface area contributed by atoms with Gasteiger partial charge in [-0.2, -0.15) is 0 Å². The third kappa shape index (κ3) is 7.54. The Morgan fingerprint density at radius 1 is 0.878 bits per heavy atom. The maximum atomic E-state index is 12.4. The molecule has 1 aliphatic heterocycles. The number of carbonyl (C=O) groups excluding carboxylic acids is 1. The highest BCUT2D eigenvalue weighted by atomic mass is 35.5. The number of halogens is 2. The van der Waals surface area contributed by atoms with E-state index in [4.69, 9.17) is 33.2 Å². The lowest BCUT2D eigenvalue weighted by Crippen LogP contribution is -2.47. The number of piperazine rings is 1. The number of amides is 1. The Hall–Kier alpha value is -3.23. The lowest BCUT2D eigenvalue weighted by atomic mass is 9.96. The van der Waals surface area contributed by atoms with Gasteiger partial charge in [-0.15, -0.1) is 0 Å². The van der Waals surface area contributed by atoms with Crippen molar-refractivity contribution in [1.29, 1.82) is 0 Å². The van der Waals surface area contributed by atoms with Crippen LogP contribution in [0.3, 0.4) is 0 Å². The van der Waals surface area contributed by atoms with E-state index in [1.807, 2.05) is 48.5 Å². The van der Waals surface area contributed by atoms with Crippen molar-refractivity contribution in [2.24, 2.45) is 5.92 Å². The van der Waals surface area contributed by atoms with E-state index in [-0.39, 0.29) is 11.9 Å². The molecule has 0 radical (unpaired) electrons. The molecule has 0 saturated carbocycles. The van der Waals surface area contributed by atoms with Crippen molar-refractivity contribution < 1.29 is 4.79 Å². The average molecular weight is 592 g/mol. The van der Waals surface area contributed by atoms with Gasteiger partial charge in [0.1, 0.15) is 5.82 Å². The van der Waals surface area contributed by atoms with Gasteiger partial charge in [-0.1, -0.05) is 79.9 Å². The monoisotopic (exact) mass is 590 g/mol. The van der Waals surface area contributed by atoms with Gasteiger partial charge in [0.15, 0.2) is 5.82 Å². The highest BCUT2D eigenvalue weighted by molar-refractivity contribution is 6.30. The molecule has 1 aliphatic rings. The highest BCUT2D eigenvalue weighted by Gasteiger charge is 2.27. The third-order valence-corrected chi connectivity index (χ3v) is 8.21. The first-order chi connectivity index (χ1) is 19.9. The minimum atomic E-state index is -0.0457. The first kappa shape index (κ1) is 29.3. The van der Waals surface area contributed by atoms with Gasteiger partial charge in [-0.25, -0.2) is 9.97 Å². The van der Waals surface area contributed by atoms with Crippen molar-refractivity contribution in [3.63, 3.8) is 0 Å². The second kappa shape index (κ2) is 13.6. The molecule has 0 spiro atoms. The molecule has 9 heteroatoms. The second-order valence-corrected chi connectivity index (χ2v) is 11.6. The van der Waals surface area contributed by atoms with E-state index < -0.39 is 0 Å². The summed E-state index contributed by atoms with van der Waals surface area (Å²) in [5.41, 5.74) is 9.15. The molecule has 0 unspecified atom stereocenters. The summed E-state index contributed by atoms with van der Waals surface area (Å²) in [7, 11) is 0. The van der Waals surface area contributed by atoms with Crippen LogP contribution in [0.2, 0.25) is 10.0 Å². The van der Waals surface area contributed by atoms with Crippen LogP contribution in [0.1, 0.15) is 49.7 Å². The molecule has 7 nitrogen and oxygen atoms in total. The maximum Gasteiger partial charge on any atom is 0.238 e. The van der Waals surface area contributed by atoms with Crippen LogP contribution < -0.4 is 10.9 Å². The minimum absolute atomic E-state index is 0.0457. The molecule has 4 aromatic rings. The Balaban J connectivity index is 1.28. The van der Waals surface area contributed by atoms with Crippen molar-refractivity contribution >= 4 is 45.8 Å². The van der Waals surface area contributed by atoms with Crippen LogP contribution in [0.4, 0.5) is 5.82 Å². The molecule has 214 valence electrons. The van der Waals surface area contributed by atoms with Gasteiger partial charge in [0.2, 0.25) is 5.91 Å². The zero-order valence-corrected chi connectivity index (χ0v) is 25.0. The van der Waals surface area contributed by atoms with E-state index >= 15 is 0 Å². The Kier molecular flexibility index (Phi) is 9.72. The van der Waals surface area contributed by atoms with Crippen LogP contribution in [0.5, 0.6) is 0 Å². The summed E-state index contributed by atoms with van der Waals surface area (Å²) in [5, 5.41) is 2.33. The van der Waals surface area contributed by atoms with Gasteiger partial charge in [-0.05, 0) is 53.4 Å². The fourth-order valence-electron chi connectivity index (χ4n) is 5.22. The van der Waals surface area contributed by atoms with Crippen LogP contribution in [0.25, 0.3) is 10.9 Å². The normalized spacial score (nSPS) is 15.2. The summed E-state index contributed by atoms with van der Waals surface area (Å²) < 4.78 is 0. The van der Waals surface area contributed by atoms with E-state index in [9.17, 15) is 4.79 Å². The topological polar surface area (TPSA) is 73.4 Å². The van der Waals surface area contributed by atoms with Crippen molar-refractivity contribution in [1.82, 2.24) is 25.2 Å². The largest absolute Gasteiger partial charge is 0.293 e. The van der Waals surface area contributed by atoms with Gasteiger partial charge in [0.25, 0.3) is 0 Å². The molecule has 1 saturated heterocycles. The number of fused-ring (bicyclic) bond motifs is 1. The number of aromatic nitrogens is 2. The van der Waals surface area contributed by atoms with Gasteiger partial charge in [-0.3, -0.25) is 25.4 Å². The number of para-hydroxylation sites is 1. The summed E-state index contributed by atoms with van der Waals surface area (Å²) in [5.74, 6) is 1.62. The molecule has 0 aliphatic carbocycles. The number of anilines is 1. The predicted octanol–water partition coefficient (Wildman–Crippen LogP) is 6.72. The molecule has 0 bridgehead atoms. The van der Waals surface area contributed by atoms with Gasteiger partial charge < -0.3 is 0 Å². The van der Waals surface area contributed by atoms with Crippen molar-refractivity contribution in [3.8, 4) is 0 Å². The summed E-state index contributed by atoms with van der Waals surface area (Å²) in [6, 6.07) is 24.2. The van der Waals surface area contributed by atoms with Crippen LogP contribution in [0.15, 0.2) is 72.8 Å². The number of carbonyl (C=O) groups is 1. The summed E-state index contributed by atoms with van der Waals surface area (Å²) in [6.07, 6.45) is 1.43. The standard InChI is InChI=1S/C32H36Cl2N6O/c1-3-22(2)20-30(41)37-38-32-27-6-4-5-7-28(27)35-29(36-32)21-39-16-18-40(19-17-39)31(23-8-12-25(33)13-9-23)24-10-14-26(34)15-11-24/h4-15,22,31H,3,16-21H2,1-2H3,(H,37,41)(H,35,36,38)/t22-/m1/s1. The zero-order chi connectivity index (χ0) is 28.8. The van der Waals surface area contributed by atoms with Crippen LogP contribution in [0, 0.1) is 5.92 Å².